The highest BCUT2D eigenvalue weighted by Crippen LogP contribution is 2.18. The van der Waals surface area contributed by atoms with Gasteiger partial charge in [0.25, 0.3) is 0 Å². The molecule has 15 heavy (non-hydrogen) atoms. The highest BCUT2D eigenvalue weighted by molar-refractivity contribution is 5.82. The van der Waals surface area contributed by atoms with Crippen LogP contribution in [-0.2, 0) is 6.54 Å². The van der Waals surface area contributed by atoms with Crippen LogP contribution in [0.15, 0.2) is 55.0 Å². The van der Waals surface area contributed by atoms with Crippen molar-refractivity contribution in [2.24, 2.45) is 0 Å². The van der Waals surface area contributed by atoms with Crippen LogP contribution in [-0.4, -0.2) is 9.55 Å². The summed E-state index contributed by atoms with van der Waals surface area (Å²) < 4.78 is 2.18. The third-order valence-corrected chi connectivity index (χ3v) is 2.69. The summed E-state index contributed by atoms with van der Waals surface area (Å²) in [7, 11) is 0. The molecular formula is C13H12N2. The van der Waals surface area contributed by atoms with Crippen molar-refractivity contribution in [3.8, 4) is 0 Å². The van der Waals surface area contributed by atoms with Crippen LogP contribution in [0, 0.1) is 0 Å². The van der Waals surface area contributed by atoms with Gasteiger partial charge in [-0.05, 0) is 23.8 Å². The molecule has 0 saturated heterocycles. The van der Waals surface area contributed by atoms with E-state index in [0.29, 0.717) is 0 Å². The second-order valence-corrected chi connectivity index (χ2v) is 3.71. The first-order valence-corrected chi connectivity index (χ1v) is 5.09. The fourth-order valence-corrected chi connectivity index (χ4v) is 1.93. The molecule has 0 bridgehead atoms. The number of rotatable bonds is 2. The zero-order chi connectivity index (χ0) is 10.1. The lowest BCUT2D eigenvalue weighted by Gasteiger charge is -2.00. The van der Waals surface area contributed by atoms with Gasteiger partial charge in [-0.2, -0.15) is 0 Å². The molecule has 2 heterocycles. The van der Waals surface area contributed by atoms with Crippen LogP contribution in [0.4, 0.5) is 0 Å². The summed E-state index contributed by atoms with van der Waals surface area (Å²) in [4.78, 5) is 3.29. The third kappa shape index (κ3) is 1.44. The minimum absolute atomic E-state index is 0.928. The van der Waals surface area contributed by atoms with E-state index in [0.717, 1.165) is 6.54 Å². The summed E-state index contributed by atoms with van der Waals surface area (Å²) in [5.41, 5.74) is 2.54. The van der Waals surface area contributed by atoms with Crippen LogP contribution in [0.1, 0.15) is 5.56 Å². The molecular weight excluding hydrogens is 184 g/mol. The Hall–Kier alpha value is -1.96. The van der Waals surface area contributed by atoms with Crippen LogP contribution in [0.25, 0.3) is 10.9 Å². The van der Waals surface area contributed by atoms with Gasteiger partial charge < -0.3 is 9.55 Å². The quantitative estimate of drug-likeness (QED) is 0.650. The SMILES string of the molecule is c1ccc2c(Cn3cccc3)c[nH]c2c1. The Bertz CT molecular complexity index is 561. The van der Waals surface area contributed by atoms with Gasteiger partial charge in [-0.25, -0.2) is 0 Å². The van der Waals surface area contributed by atoms with Crippen LogP contribution >= 0.6 is 0 Å². The summed E-state index contributed by atoms with van der Waals surface area (Å²) in [6.45, 7) is 0.928. The lowest BCUT2D eigenvalue weighted by molar-refractivity contribution is 0.811. The largest absolute Gasteiger partial charge is 0.361 e. The molecule has 2 heteroatoms. The standard InChI is InChI=1S/C13H12N2/c1-2-6-13-12(5-1)11(9-14-13)10-15-7-3-4-8-15/h1-9,14H,10H2. The van der Waals surface area contributed by atoms with Gasteiger partial charge in [-0.3, -0.25) is 0 Å². The number of aromatic amines is 1. The number of nitrogens with one attached hydrogen (secondary N) is 1. The Labute approximate surface area is 88.2 Å². The molecule has 0 aliphatic rings. The summed E-state index contributed by atoms with van der Waals surface area (Å²) in [6, 6.07) is 12.5. The molecule has 0 amide bonds. The number of aromatic nitrogens is 2. The lowest BCUT2D eigenvalue weighted by atomic mass is 10.2. The number of fused-ring (bicyclic) bond motifs is 1. The first-order valence-electron chi connectivity index (χ1n) is 5.09. The Morgan fingerprint density at radius 2 is 1.80 bits per heavy atom. The fraction of sp³-hybridized carbons (Fsp3) is 0.0769. The minimum atomic E-state index is 0.928. The Morgan fingerprint density at radius 3 is 2.67 bits per heavy atom. The summed E-state index contributed by atoms with van der Waals surface area (Å²) >= 11 is 0. The molecule has 1 aromatic carbocycles. The third-order valence-electron chi connectivity index (χ3n) is 2.69. The predicted molar refractivity (Wildman–Crippen MR) is 61.8 cm³/mol. The fourth-order valence-electron chi connectivity index (χ4n) is 1.93. The Kier molecular flexibility index (Phi) is 1.85. The maximum absolute atomic E-state index is 3.29. The number of hydrogen-bond donors (Lipinski definition) is 1. The number of hydrogen-bond acceptors (Lipinski definition) is 0. The maximum Gasteiger partial charge on any atom is 0.0491 e. The van der Waals surface area contributed by atoms with Gasteiger partial charge in [-0.1, -0.05) is 18.2 Å². The van der Waals surface area contributed by atoms with E-state index in [1.165, 1.54) is 16.5 Å². The van der Waals surface area contributed by atoms with Gasteiger partial charge in [0, 0.05) is 36.0 Å². The van der Waals surface area contributed by atoms with Gasteiger partial charge in [0.05, 0.1) is 0 Å². The molecule has 1 N–H and O–H groups in total. The number of H-pyrrole nitrogens is 1. The van der Waals surface area contributed by atoms with E-state index >= 15 is 0 Å². The van der Waals surface area contributed by atoms with E-state index in [4.69, 9.17) is 0 Å². The second-order valence-electron chi connectivity index (χ2n) is 3.71. The molecule has 0 spiro atoms. The van der Waals surface area contributed by atoms with Crippen molar-refractivity contribution in [2.45, 2.75) is 6.54 Å². The summed E-state index contributed by atoms with van der Waals surface area (Å²) in [6.07, 6.45) is 6.26. The van der Waals surface area contributed by atoms with Crippen LogP contribution in [0.3, 0.4) is 0 Å². The van der Waals surface area contributed by atoms with Crippen molar-refractivity contribution >= 4 is 10.9 Å². The van der Waals surface area contributed by atoms with Gasteiger partial charge in [0.1, 0.15) is 0 Å². The number of nitrogens with zero attached hydrogens (tertiary/aromatic N) is 1. The van der Waals surface area contributed by atoms with Gasteiger partial charge in [-0.15, -0.1) is 0 Å². The molecule has 0 radical (unpaired) electrons. The maximum atomic E-state index is 3.29. The molecule has 3 rings (SSSR count). The average Bonchev–Trinajstić information content (AvgIpc) is 2.89. The summed E-state index contributed by atoms with van der Waals surface area (Å²) in [5, 5.41) is 1.31. The molecule has 0 saturated carbocycles. The Morgan fingerprint density at radius 1 is 1.00 bits per heavy atom. The summed E-state index contributed by atoms with van der Waals surface area (Å²) in [5.74, 6) is 0. The van der Waals surface area contributed by atoms with E-state index in [-0.39, 0.29) is 0 Å². The van der Waals surface area contributed by atoms with E-state index in [1.807, 2.05) is 0 Å². The molecule has 0 atom stereocenters. The molecule has 0 unspecified atom stereocenters. The zero-order valence-electron chi connectivity index (χ0n) is 8.35. The van der Waals surface area contributed by atoms with Crippen molar-refractivity contribution in [3.63, 3.8) is 0 Å². The zero-order valence-corrected chi connectivity index (χ0v) is 8.35. The molecule has 0 aliphatic carbocycles. The van der Waals surface area contributed by atoms with E-state index < -0.39 is 0 Å². The van der Waals surface area contributed by atoms with E-state index in [9.17, 15) is 0 Å². The van der Waals surface area contributed by atoms with Crippen LogP contribution in [0.5, 0.6) is 0 Å². The highest BCUT2D eigenvalue weighted by atomic mass is 14.9. The van der Waals surface area contributed by atoms with Crippen molar-refractivity contribution in [3.05, 3.63) is 60.6 Å². The first kappa shape index (κ1) is 8.36. The van der Waals surface area contributed by atoms with Gasteiger partial charge in [0.15, 0.2) is 0 Å². The number of benzene rings is 1. The molecule has 2 aromatic heterocycles. The molecule has 74 valence electrons. The van der Waals surface area contributed by atoms with Crippen LogP contribution in [0.2, 0.25) is 0 Å². The van der Waals surface area contributed by atoms with Crippen molar-refractivity contribution in [1.29, 1.82) is 0 Å². The van der Waals surface area contributed by atoms with Crippen molar-refractivity contribution < 1.29 is 0 Å². The van der Waals surface area contributed by atoms with Gasteiger partial charge >= 0.3 is 0 Å². The second kappa shape index (κ2) is 3.31. The predicted octanol–water partition coefficient (Wildman–Crippen LogP) is 3.02. The molecule has 3 aromatic rings. The smallest absolute Gasteiger partial charge is 0.0491 e. The Balaban J connectivity index is 2.05. The first-order chi connectivity index (χ1) is 7.43. The lowest BCUT2D eigenvalue weighted by Crippen LogP contribution is -1.94. The topological polar surface area (TPSA) is 20.7 Å². The van der Waals surface area contributed by atoms with Crippen LogP contribution < -0.4 is 0 Å². The van der Waals surface area contributed by atoms with E-state index in [1.54, 1.807) is 0 Å². The molecule has 0 aliphatic heterocycles. The average molecular weight is 196 g/mol. The molecule has 0 fully saturated rings. The molecule has 2 nitrogen and oxygen atoms in total. The minimum Gasteiger partial charge on any atom is -0.361 e. The van der Waals surface area contributed by atoms with Gasteiger partial charge in [0.2, 0.25) is 0 Å². The highest BCUT2D eigenvalue weighted by Gasteiger charge is 2.02. The van der Waals surface area contributed by atoms with E-state index in [2.05, 4.69) is 64.5 Å². The number of para-hydroxylation sites is 1. The van der Waals surface area contributed by atoms with Crippen molar-refractivity contribution in [1.82, 2.24) is 9.55 Å². The van der Waals surface area contributed by atoms with Crippen molar-refractivity contribution in [2.75, 3.05) is 0 Å². The normalized spacial score (nSPS) is 10.9. The monoisotopic (exact) mass is 196 g/mol.